The number of benzene rings is 1. The molecule has 1 aromatic carbocycles. The van der Waals surface area contributed by atoms with E-state index in [0.717, 1.165) is 0 Å². The van der Waals surface area contributed by atoms with E-state index in [-0.39, 0.29) is 27.1 Å². The standard InChI is InChI=1S/C10H8BrClN2O3/c11-6-4-9(15)13(5-6)10-7(12)2-1-3-8(10)14(16)17/h1-3,6H,4-5H2. The smallest absolute Gasteiger partial charge is 0.294 e. The zero-order valence-electron chi connectivity index (χ0n) is 8.60. The number of hydrogen-bond donors (Lipinski definition) is 0. The first kappa shape index (κ1) is 12.3. The van der Waals surface area contributed by atoms with Crippen LogP contribution in [0.15, 0.2) is 18.2 Å². The third-order valence-corrected chi connectivity index (χ3v) is 3.43. The normalized spacial score (nSPS) is 19.8. The topological polar surface area (TPSA) is 63.5 Å². The SMILES string of the molecule is O=C1CC(Br)CN1c1c(Cl)cccc1[N+](=O)[O-]. The summed E-state index contributed by atoms with van der Waals surface area (Å²) >= 11 is 9.28. The molecule has 17 heavy (non-hydrogen) atoms. The summed E-state index contributed by atoms with van der Waals surface area (Å²) in [6, 6.07) is 4.38. The van der Waals surface area contributed by atoms with Crippen molar-refractivity contribution in [1.82, 2.24) is 0 Å². The van der Waals surface area contributed by atoms with Crippen molar-refractivity contribution in [1.29, 1.82) is 0 Å². The van der Waals surface area contributed by atoms with Gasteiger partial charge in [0.1, 0.15) is 5.69 Å². The zero-order chi connectivity index (χ0) is 12.6. The molecule has 0 aliphatic carbocycles. The van der Waals surface area contributed by atoms with Crippen molar-refractivity contribution in [3.63, 3.8) is 0 Å². The predicted octanol–water partition coefficient (Wildman–Crippen LogP) is 2.75. The van der Waals surface area contributed by atoms with Crippen LogP contribution in [0.3, 0.4) is 0 Å². The molecule has 0 spiro atoms. The fourth-order valence-corrected chi connectivity index (χ4v) is 2.64. The van der Waals surface area contributed by atoms with Gasteiger partial charge in [-0.25, -0.2) is 0 Å². The maximum atomic E-state index is 11.7. The fraction of sp³-hybridized carbons (Fsp3) is 0.300. The fourth-order valence-electron chi connectivity index (χ4n) is 1.80. The summed E-state index contributed by atoms with van der Waals surface area (Å²) in [5, 5.41) is 11.1. The first-order valence-corrected chi connectivity index (χ1v) is 6.17. The lowest BCUT2D eigenvalue weighted by atomic mass is 10.2. The summed E-state index contributed by atoms with van der Waals surface area (Å²) in [4.78, 5) is 23.5. The van der Waals surface area contributed by atoms with Gasteiger partial charge in [-0.05, 0) is 6.07 Å². The van der Waals surface area contributed by atoms with Gasteiger partial charge in [0.25, 0.3) is 5.69 Å². The number of nitrogens with zero attached hydrogens (tertiary/aromatic N) is 2. The average Bonchev–Trinajstić information content (AvgIpc) is 2.57. The van der Waals surface area contributed by atoms with Gasteiger partial charge in [0, 0.05) is 23.9 Å². The number of hydrogen-bond acceptors (Lipinski definition) is 3. The molecule has 1 aliphatic heterocycles. The van der Waals surface area contributed by atoms with Crippen molar-refractivity contribution in [3.05, 3.63) is 33.3 Å². The van der Waals surface area contributed by atoms with Crippen LogP contribution in [0.25, 0.3) is 0 Å². The summed E-state index contributed by atoms with van der Waals surface area (Å²) in [6.45, 7) is 0.392. The van der Waals surface area contributed by atoms with Crippen molar-refractivity contribution in [2.45, 2.75) is 11.2 Å². The Morgan fingerprint density at radius 3 is 2.76 bits per heavy atom. The second-order valence-electron chi connectivity index (χ2n) is 3.67. The molecule has 1 fully saturated rings. The molecule has 2 rings (SSSR count). The maximum Gasteiger partial charge on any atom is 0.294 e. The molecule has 0 saturated carbocycles. The number of halogens is 2. The Kier molecular flexibility index (Phi) is 3.35. The molecule has 7 heteroatoms. The van der Waals surface area contributed by atoms with E-state index in [1.807, 2.05) is 0 Å². The van der Waals surface area contributed by atoms with Crippen LogP contribution in [-0.4, -0.2) is 22.2 Å². The minimum absolute atomic E-state index is 0.00544. The molecule has 90 valence electrons. The van der Waals surface area contributed by atoms with Crippen molar-refractivity contribution in [2.75, 3.05) is 11.4 Å². The van der Waals surface area contributed by atoms with E-state index in [2.05, 4.69) is 15.9 Å². The Morgan fingerprint density at radius 2 is 2.24 bits per heavy atom. The van der Waals surface area contributed by atoms with Gasteiger partial charge in [0.05, 0.1) is 9.95 Å². The molecule has 1 heterocycles. The Balaban J connectivity index is 2.51. The first-order chi connectivity index (χ1) is 8.00. The van der Waals surface area contributed by atoms with Crippen LogP contribution in [0.5, 0.6) is 0 Å². The Morgan fingerprint density at radius 1 is 1.53 bits per heavy atom. The zero-order valence-corrected chi connectivity index (χ0v) is 10.9. The van der Waals surface area contributed by atoms with Gasteiger partial charge in [-0.3, -0.25) is 14.9 Å². The summed E-state index contributed by atoms with van der Waals surface area (Å²) in [5.41, 5.74) is 0.0403. The van der Waals surface area contributed by atoms with E-state index in [9.17, 15) is 14.9 Å². The molecule has 1 unspecified atom stereocenters. The van der Waals surface area contributed by atoms with Crippen LogP contribution in [0.4, 0.5) is 11.4 Å². The number of para-hydroxylation sites is 1. The molecule has 1 saturated heterocycles. The Bertz CT molecular complexity index is 494. The third kappa shape index (κ3) is 2.28. The van der Waals surface area contributed by atoms with Gasteiger partial charge >= 0.3 is 0 Å². The van der Waals surface area contributed by atoms with Crippen molar-refractivity contribution in [3.8, 4) is 0 Å². The summed E-state index contributed by atoms with van der Waals surface area (Å²) in [5.74, 6) is -0.164. The highest BCUT2D eigenvalue weighted by Crippen LogP contribution is 2.38. The number of rotatable bonds is 2. The molecular formula is C10H8BrClN2O3. The first-order valence-electron chi connectivity index (χ1n) is 4.88. The summed E-state index contributed by atoms with van der Waals surface area (Å²) < 4.78 is 0. The average molecular weight is 320 g/mol. The van der Waals surface area contributed by atoms with Gasteiger partial charge in [-0.1, -0.05) is 33.6 Å². The minimum atomic E-state index is -0.532. The lowest BCUT2D eigenvalue weighted by molar-refractivity contribution is -0.384. The number of carbonyl (C=O) groups excluding carboxylic acids is 1. The van der Waals surface area contributed by atoms with E-state index >= 15 is 0 Å². The molecule has 0 N–H and O–H groups in total. The molecule has 1 atom stereocenters. The van der Waals surface area contributed by atoms with Crippen LogP contribution < -0.4 is 4.90 Å². The second kappa shape index (κ2) is 4.62. The predicted molar refractivity (Wildman–Crippen MR) is 67.8 cm³/mol. The minimum Gasteiger partial charge on any atom is -0.304 e. The number of nitro benzene ring substituents is 1. The van der Waals surface area contributed by atoms with Gasteiger partial charge in [-0.15, -0.1) is 0 Å². The van der Waals surface area contributed by atoms with Crippen molar-refractivity contribution in [2.24, 2.45) is 0 Å². The van der Waals surface area contributed by atoms with Crippen molar-refractivity contribution >= 4 is 44.8 Å². The lowest BCUT2D eigenvalue weighted by Crippen LogP contribution is -2.25. The third-order valence-electron chi connectivity index (χ3n) is 2.51. The molecule has 1 aliphatic rings. The van der Waals surface area contributed by atoms with Crippen molar-refractivity contribution < 1.29 is 9.72 Å². The van der Waals surface area contributed by atoms with E-state index in [1.165, 1.54) is 17.0 Å². The lowest BCUT2D eigenvalue weighted by Gasteiger charge is -2.17. The number of alkyl halides is 1. The van der Waals surface area contributed by atoms with E-state index < -0.39 is 4.92 Å². The van der Waals surface area contributed by atoms with Gasteiger partial charge in [0.15, 0.2) is 0 Å². The molecular weight excluding hydrogens is 311 g/mol. The van der Waals surface area contributed by atoms with Crippen LogP contribution >= 0.6 is 27.5 Å². The molecule has 0 radical (unpaired) electrons. The molecule has 1 aromatic rings. The highest BCUT2D eigenvalue weighted by Gasteiger charge is 2.34. The summed E-state index contributed by atoms with van der Waals surface area (Å²) in [7, 11) is 0. The van der Waals surface area contributed by atoms with E-state index in [4.69, 9.17) is 11.6 Å². The van der Waals surface area contributed by atoms with Crippen LogP contribution in [0.2, 0.25) is 5.02 Å². The number of nitro groups is 1. The van der Waals surface area contributed by atoms with Crippen LogP contribution in [0, 0.1) is 10.1 Å². The quantitative estimate of drug-likeness (QED) is 0.478. The maximum absolute atomic E-state index is 11.7. The highest BCUT2D eigenvalue weighted by molar-refractivity contribution is 9.09. The number of amides is 1. The second-order valence-corrected chi connectivity index (χ2v) is 5.37. The Hall–Kier alpha value is -1.14. The van der Waals surface area contributed by atoms with Gasteiger partial charge < -0.3 is 4.90 Å². The largest absolute Gasteiger partial charge is 0.304 e. The molecule has 5 nitrogen and oxygen atoms in total. The summed E-state index contributed by atoms with van der Waals surface area (Å²) in [6.07, 6.45) is 0.322. The highest BCUT2D eigenvalue weighted by atomic mass is 79.9. The van der Waals surface area contributed by atoms with E-state index in [0.29, 0.717) is 13.0 Å². The van der Waals surface area contributed by atoms with Gasteiger partial charge in [0.2, 0.25) is 5.91 Å². The monoisotopic (exact) mass is 318 g/mol. The Labute approximate surface area is 111 Å². The number of anilines is 1. The molecule has 0 aromatic heterocycles. The van der Waals surface area contributed by atoms with Gasteiger partial charge in [-0.2, -0.15) is 0 Å². The van der Waals surface area contributed by atoms with Crippen LogP contribution in [-0.2, 0) is 4.79 Å². The molecule has 0 bridgehead atoms. The van der Waals surface area contributed by atoms with E-state index in [1.54, 1.807) is 6.07 Å². The molecule has 1 amide bonds. The number of carbonyl (C=O) groups is 1. The van der Waals surface area contributed by atoms with Crippen LogP contribution in [0.1, 0.15) is 6.42 Å².